The average molecular weight is 299 g/mol. The normalized spacial score (nSPS) is 11.5. The van der Waals surface area contributed by atoms with Crippen LogP contribution in [0.1, 0.15) is 11.3 Å². The predicted octanol–water partition coefficient (Wildman–Crippen LogP) is 1.98. The molecule has 0 amide bonds. The fourth-order valence-corrected chi connectivity index (χ4v) is 2.35. The minimum Gasteiger partial charge on any atom is -0.350 e. The molecule has 2 aromatic heterocycles. The van der Waals surface area contributed by atoms with E-state index < -0.39 is 0 Å². The Labute approximate surface area is 125 Å². The molecular weight excluding hydrogens is 286 g/mol. The van der Waals surface area contributed by atoms with E-state index in [9.17, 15) is 4.79 Å². The highest BCUT2D eigenvalue weighted by atomic mass is 32.1. The van der Waals surface area contributed by atoms with Gasteiger partial charge in [0.1, 0.15) is 5.69 Å². The van der Waals surface area contributed by atoms with Crippen LogP contribution in [0.15, 0.2) is 40.4 Å². The highest BCUT2D eigenvalue weighted by molar-refractivity contribution is 7.71. The van der Waals surface area contributed by atoms with E-state index in [2.05, 4.69) is 15.3 Å². The molecule has 0 fully saturated rings. The molecular formula is C14H13N5OS. The molecule has 0 saturated heterocycles. The number of para-hydroxylation sites is 1. The molecule has 0 atom stereocenters. The molecule has 0 aliphatic heterocycles. The number of nitrogens with zero attached hydrogens (tertiary/aromatic N) is 4. The number of hydrogen-bond acceptors (Lipinski definition) is 4. The maximum Gasteiger partial charge on any atom is 0.296 e. The molecule has 0 bridgehead atoms. The van der Waals surface area contributed by atoms with E-state index in [-0.39, 0.29) is 10.3 Å². The van der Waals surface area contributed by atoms with Crippen molar-refractivity contribution in [2.24, 2.45) is 12.1 Å². The Hall–Kier alpha value is -2.54. The number of aromatic amines is 1. The smallest absolute Gasteiger partial charge is 0.296 e. The van der Waals surface area contributed by atoms with Gasteiger partial charge in [-0.1, -0.05) is 18.2 Å². The lowest BCUT2D eigenvalue weighted by molar-refractivity contribution is 0.720. The highest BCUT2D eigenvalue weighted by Gasteiger charge is 2.05. The van der Waals surface area contributed by atoms with Gasteiger partial charge in [-0.3, -0.25) is 9.89 Å². The Bertz CT molecular complexity index is 963. The zero-order chi connectivity index (χ0) is 15.0. The number of fused-ring (bicyclic) bond motifs is 1. The third kappa shape index (κ3) is 2.31. The van der Waals surface area contributed by atoms with Crippen LogP contribution < -0.4 is 5.56 Å². The molecule has 106 valence electrons. The minimum atomic E-state index is -0.324. The monoisotopic (exact) mass is 299 g/mol. The standard InChI is InChI=1S/C14H13N5OS/c1-9-13(20)19(14(21)17-16-9)15-7-10-8-18(2)12-6-4-3-5-11(10)12/h3-8H,1-2H3,(H,17,21)/b15-7-. The summed E-state index contributed by atoms with van der Waals surface area (Å²) >= 11 is 5.04. The van der Waals surface area contributed by atoms with Crippen LogP contribution in [0.4, 0.5) is 0 Å². The fourth-order valence-electron chi connectivity index (χ4n) is 2.17. The van der Waals surface area contributed by atoms with Crippen molar-refractivity contribution < 1.29 is 0 Å². The number of benzene rings is 1. The summed E-state index contributed by atoms with van der Waals surface area (Å²) in [5.41, 5.74) is 2.01. The van der Waals surface area contributed by atoms with Gasteiger partial charge < -0.3 is 4.57 Å². The summed E-state index contributed by atoms with van der Waals surface area (Å²) in [6, 6.07) is 7.99. The van der Waals surface area contributed by atoms with Gasteiger partial charge in [-0.15, -0.1) is 0 Å². The fraction of sp³-hybridized carbons (Fsp3) is 0.143. The largest absolute Gasteiger partial charge is 0.350 e. The van der Waals surface area contributed by atoms with Gasteiger partial charge in [0, 0.05) is 29.7 Å². The topological polar surface area (TPSA) is 68.0 Å². The summed E-state index contributed by atoms with van der Waals surface area (Å²) in [4.78, 5) is 12.0. The van der Waals surface area contributed by atoms with Crippen molar-refractivity contribution in [1.29, 1.82) is 0 Å². The van der Waals surface area contributed by atoms with E-state index >= 15 is 0 Å². The molecule has 0 unspecified atom stereocenters. The molecule has 7 heteroatoms. The quantitative estimate of drug-likeness (QED) is 0.581. The van der Waals surface area contributed by atoms with Gasteiger partial charge in [0.2, 0.25) is 4.77 Å². The van der Waals surface area contributed by atoms with Crippen molar-refractivity contribution in [1.82, 2.24) is 19.4 Å². The number of aryl methyl sites for hydroxylation is 2. The molecule has 0 aliphatic rings. The van der Waals surface area contributed by atoms with Crippen LogP contribution in [0.5, 0.6) is 0 Å². The SMILES string of the molecule is Cc1n[nH]c(=S)n(/N=C\c2cn(C)c3ccccc23)c1=O. The number of nitrogens with one attached hydrogen (secondary N) is 1. The van der Waals surface area contributed by atoms with Crippen LogP contribution in [-0.2, 0) is 7.05 Å². The van der Waals surface area contributed by atoms with Gasteiger partial charge >= 0.3 is 0 Å². The second kappa shape index (κ2) is 5.10. The Kier molecular flexibility index (Phi) is 3.26. The zero-order valence-corrected chi connectivity index (χ0v) is 12.4. The van der Waals surface area contributed by atoms with E-state index in [4.69, 9.17) is 12.2 Å². The third-order valence-electron chi connectivity index (χ3n) is 3.25. The average Bonchev–Trinajstić information content (AvgIpc) is 2.80. The second-order valence-electron chi connectivity index (χ2n) is 4.69. The van der Waals surface area contributed by atoms with E-state index in [1.165, 1.54) is 0 Å². The van der Waals surface area contributed by atoms with Crippen molar-refractivity contribution >= 4 is 29.3 Å². The van der Waals surface area contributed by atoms with Crippen LogP contribution in [0.3, 0.4) is 0 Å². The number of aromatic nitrogens is 4. The molecule has 1 N–H and O–H groups in total. The number of rotatable bonds is 2. The van der Waals surface area contributed by atoms with Crippen molar-refractivity contribution in [2.45, 2.75) is 6.92 Å². The summed E-state index contributed by atoms with van der Waals surface area (Å²) in [6.45, 7) is 1.61. The molecule has 6 nitrogen and oxygen atoms in total. The molecule has 0 aliphatic carbocycles. The first-order chi connectivity index (χ1) is 10.1. The van der Waals surface area contributed by atoms with Gasteiger partial charge in [-0.05, 0) is 25.2 Å². The van der Waals surface area contributed by atoms with Crippen LogP contribution in [0, 0.1) is 11.7 Å². The summed E-state index contributed by atoms with van der Waals surface area (Å²) in [6.07, 6.45) is 3.59. The van der Waals surface area contributed by atoms with Gasteiger partial charge in [-0.25, -0.2) is 0 Å². The van der Waals surface area contributed by atoms with E-state index in [0.717, 1.165) is 21.1 Å². The van der Waals surface area contributed by atoms with Gasteiger partial charge in [-0.2, -0.15) is 14.9 Å². The molecule has 0 saturated carbocycles. The lowest BCUT2D eigenvalue weighted by Gasteiger charge is -1.98. The first kappa shape index (κ1) is 13.4. The predicted molar refractivity (Wildman–Crippen MR) is 84.3 cm³/mol. The molecule has 21 heavy (non-hydrogen) atoms. The Balaban J connectivity index is 2.13. The molecule has 2 heterocycles. The zero-order valence-electron chi connectivity index (χ0n) is 11.6. The van der Waals surface area contributed by atoms with Crippen LogP contribution in [0.25, 0.3) is 10.9 Å². The Morgan fingerprint density at radius 2 is 2.14 bits per heavy atom. The van der Waals surface area contributed by atoms with Crippen molar-refractivity contribution in [3.05, 3.63) is 56.8 Å². The van der Waals surface area contributed by atoms with E-state index in [1.807, 2.05) is 42.1 Å². The summed E-state index contributed by atoms with van der Waals surface area (Å²) in [5.74, 6) is 0. The molecule has 1 aromatic carbocycles. The van der Waals surface area contributed by atoms with Crippen LogP contribution in [-0.4, -0.2) is 25.7 Å². The molecule has 3 rings (SSSR count). The summed E-state index contributed by atoms with van der Waals surface area (Å²) in [5, 5.41) is 11.7. The first-order valence-corrected chi connectivity index (χ1v) is 6.75. The van der Waals surface area contributed by atoms with Gasteiger partial charge in [0.15, 0.2) is 0 Å². The van der Waals surface area contributed by atoms with Crippen molar-refractivity contribution in [3.8, 4) is 0 Å². The minimum absolute atomic E-state index is 0.169. The Morgan fingerprint density at radius 3 is 2.95 bits per heavy atom. The van der Waals surface area contributed by atoms with Gasteiger partial charge in [0.25, 0.3) is 5.56 Å². The maximum atomic E-state index is 12.0. The van der Waals surface area contributed by atoms with Gasteiger partial charge in [0.05, 0.1) is 6.21 Å². The number of H-pyrrole nitrogens is 1. The van der Waals surface area contributed by atoms with Crippen LogP contribution in [0.2, 0.25) is 0 Å². The van der Waals surface area contributed by atoms with E-state index in [0.29, 0.717) is 5.69 Å². The first-order valence-electron chi connectivity index (χ1n) is 6.34. The van der Waals surface area contributed by atoms with Crippen molar-refractivity contribution in [3.63, 3.8) is 0 Å². The highest BCUT2D eigenvalue weighted by Crippen LogP contribution is 2.18. The molecule has 0 radical (unpaired) electrons. The van der Waals surface area contributed by atoms with Crippen LogP contribution >= 0.6 is 12.2 Å². The van der Waals surface area contributed by atoms with E-state index in [1.54, 1.807) is 13.1 Å². The summed E-state index contributed by atoms with van der Waals surface area (Å²) in [7, 11) is 1.97. The lowest BCUT2D eigenvalue weighted by atomic mass is 10.2. The second-order valence-corrected chi connectivity index (χ2v) is 5.07. The van der Waals surface area contributed by atoms with Crippen molar-refractivity contribution in [2.75, 3.05) is 0 Å². The molecule has 3 aromatic rings. The third-order valence-corrected chi connectivity index (χ3v) is 3.52. The lowest BCUT2D eigenvalue weighted by Crippen LogP contribution is -2.22. The molecule has 0 spiro atoms. The number of hydrogen-bond donors (Lipinski definition) is 1. The summed E-state index contributed by atoms with van der Waals surface area (Å²) < 4.78 is 3.32. The Morgan fingerprint density at radius 1 is 1.38 bits per heavy atom. The maximum absolute atomic E-state index is 12.0.